The highest BCUT2D eigenvalue weighted by Gasteiger charge is 2.06. The Morgan fingerprint density at radius 3 is 2.81 bits per heavy atom. The maximum atomic E-state index is 11.2. The van der Waals surface area contributed by atoms with Gasteiger partial charge in [0, 0.05) is 20.3 Å². The Bertz CT molecular complexity index is 214. The van der Waals surface area contributed by atoms with Crippen molar-refractivity contribution >= 4 is 23.7 Å². The predicted octanol–water partition coefficient (Wildman–Crippen LogP) is -0.426. The SMILES string of the molecule is COCCNC(=O)NC(=O)CSCCCO. The summed E-state index contributed by atoms with van der Waals surface area (Å²) in [5.41, 5.74) is 0. The van der Waals surface area contributed by atoms with Gasteiger partial charge in [-0.3, -0.25) is 10.1 Å². The number of aliphatic hydroxyl groups excluding tert-OH is 1. The molecule has 94 valence electrons. The lowest BCUT2D eigenvalue weighted by molar-refractivity contribution is -0.117. The molecule has 0 aromatic rings. The van der Waals surface area contributed by atoms with Gasteiger partial charge >= 0.3 is 6.03 Å². The van der Waals surface area contributed by atoms with E-state index in [4.69, 9.17) is 9.84 Å². The number of carbonyl (C=O) groups is 2. The Morgan fingerprint density at radius 1 is 1.44 bits per heavy atom. The minimum atomic E-state index is -0.509. The van der Waals surface area contributed by atoms with Gasteiger partial charge in [0.25, 0.3) is 0 Å². The van der Waals surface area contributed by atoms with Gasteiger partial charge in [0.15, 0.2) is 0 Å². The molecule has 0 aliphatic rings. The number of thioether (sulfide) groups is 1. The van der Waals surface area contributed by atoms with Crippen molar-refractivity contribution in [3.8, 4) is 0 Å². The van der Waals surface area contributed by atoms with E-state index in [-0.39, 0.29) is 18.3 Å². The van der Waals surface area contributed by atoms with Gasteiger partial charge in [-0.2, -0.15) is 11.8 Å². The van der Waals surface area contributed by atoms with Crippen molar-refractivity contribution in [2.75, 3.05) is 38.4 Å². The summed E-state index contributed by atoms with van der Waals surface area (Å²) in [6.45, 7) is 0.895. The average molecular weight is 250 g/mol. The Balaban J connectivity index is 3.43. The first-order valence-electron chi connectivity index (χ1n) is 4.96. The van der Waals surface area contributed by atoms with Gasteiger partial charge in [0.05, 0.1) is 12.4 Å². The van der Waals surface area contributed by atoms with Crippen molar-refractivity contribution < 1.29 is 19.4 Å². The summed E-state index contributed by atoms with van der Waals surface area (Å²) < 4.78 is 4.73. The van der Waals surface area contributed by atoms with E-state index in [9.17, 15) is 9.59 Å². The molecule has 0 aliphatic carbocycles. The van der Waals surface area contributed by atoms with Crippen molar-refractivity contribution in [2.45, 2.75) is 6.42 Å². The van der Waals surface area contributed by atoms with Gasteiger partial charge in [-0.05, 0) is 12.2 Å². The first-order chi connectivity index (χ1) is 7.70. The van der Waals surface area contributed by atoms with Crippen LogP contribution in [0.1, 0.15) is 6.42 Å². The van der Waals surface area contributed by atoms with Crippen LogP contribution in [0.5, 0.6) is 0 Å². The quantitative estimate of drug-likeness (QED) is 0.509. The van der Waals surface area contributed by atoms with E-state index in [0.29, 0.717) is 25.3 Å². The molecule has 0 aromatic heterocycles. The third-order valence-electron chi connectivity index (χ3n) is 1.52. The topological polar surface area (TPSA) is 87.7 Å². The largest absolute Gasteiger partial charge is 0.396 e. The zero-order valence-electron chi connectivity index (χ0n) is 9.32. The van der Waals surface area contributed by atoms with E-state index >= 15 is 0 Å². The Labute approximate surface area is 99.1 Å². The van der Waals surface area contributed by atoms with Crippen LogP contribution in [0, 0.1) is 0 Å². The molecule has 0 atom stereocenters. The number of methoxy groups -OCH3 is 1. The minimum absolute atomic E-state index is 0.117. The van der Waals surface area contributed by atoms with Crippen LogP contribution in [-0.4, -0.2) is 55.4 Å². The lowest BCUT2D eigenvalue weighted by Crippen LogP contribution is -2.41. The molecule has 7 heteroatoms. The summed E-state index contributed by atoms with van der Waals surface area (Å²) >= 11 is 1.38. The van der Waals surface area contributed by atoms with Crippen molar-refractivity contribution in [3.63, 3.8) is 0 Å². The fraction of sp³-hybridized carbons (Fsp3) is 0.778. The summed E-state index contributed by atoms with van der Waals surface area (Å²) in [6, 6.07) is -0.509. The number of imide groups is 1. The number of ether oxygens (including phenoxy) is 1. The molecule has 0 fully saturated rings. The third kappa shape index (κ3) is 9.75. The molecule has 0 aliphatic heterocycles. The van der Waals surface area contributed by atoms with Gasteiger partial charge in [-0.1, -0.05) is 0 Å². The number of carbonyl (C=O) groups excluding carboxylic acids is 2. The van der Waals surface area contributed by atoms with Crippen LogP contribution >= 0.6 is 11.8 Å². The Hall–Kier alpha value is -0.790. The normalized spacial score (nSPS) is 9.88. The van der Waals surface area contributed by atoms with Gasteiger partial charge in [0.1, 0.15) is 0 Å². The van der Waals surface area contributed by atoms with Crippen molar-refractivity contribution in [3.05, 3.63) is 0 Å². The molecular formula is C9H18N2O4S. The summed E-state index contributed by atoms with van der Waals surface area (Å²) in [4.78, 5) is 22.2. The summed E-state index contributed by atoms with van der Waals surface area (Å²) in [5, 5.41) is 13.2. The Morgan fingerprint density at radius 2 is 2.19 bits per heavy atom. The number of urea groups is 1. The van der Waals surface area contributed by atoms with E-state index in [2.05, 4.69) is 10.6 Å². The first kappa shape index (κ1) is 15.2. The number of hydrogen-bond acceptors (Lipinski definition) is 5. The number of rotatable bonds is 8. The lowest BCUT2D eigenvalue weighted by atomic mass is 10.5. The second kappa shape index (κ2) is 10.7. The molecule has 0 spiro atoms. The second-order valence-corrected chi connectivity index (χ2v) is 4.03. The molecule has 0 saturated carbocycles. The zero-order chi connectivity index (χ0) is 12.2. The second-order valence-electron chi connectivity index (χ2n) is 2.93. The van der Waals surface area contributed by atoms with Crippen LogP contribution in [0.25, 0.3) is 0 Å². The number of nitrogens with one attached hydrogen (secondary N) is 2. The lowest BCUT2D eigenvalue weighted by Gasteiger charge is -2.05. The van der Waals surface area contributed by atoms with Crippen LogP contribution in [0.15, 0.2) is 0 Å². The molecule has 0 saturated heterocycles. The molecule has 3 N–H and O–H groups in total. The van der Waals surface area contributed by atoms with Crippen molar-refractivity contribution in [1.82, 2.24) is 10.6 Å². The van der Waals surface area contributed by atoms with E-state index < -0.39 is 6.03 Å². The van der Waals surface area contributed by atoms with Crippen LogP contribution in [0.2, 0.25) is 0 Å². The molecule has 0 aromatic carbocycles. The molecule has 0 heterocycles. The van der Waals surface area contributed by atoms with E-state index in [0.717, 1.165) is 0 Å². The summed E-state index contributed by atoms with van der Waals surface area (Å²) in [5.74, 6) is 0.588. The average Bonchev–Trinajstić information content (AvgIpc) is 2.25. The molecule has 0 unspecified atom stereocenters. The molecule has 0 bridgehead atoms. The molecule has 6 nitrogen and oxygen atoms in total. The van der Waals surface area contributed by atoms with Crippen LogP contribution < -0.4 is 10.6 Å². The minimum Gasteiger partial charge on any atom is -0.396 e. The van der Waals surface area contributed by atoms with Gasteiger partial charge in [-0.25, -0.2) is 4.79 Å². The van der Waals surface area contributed by atoms with E-state index in [1.165, 1.54) is 18.9 Å². The molecule has 3 amide bonds. The summed E-state index contributed by atoms with van der Waals surface area (Å²) in [7, 11) is 1.53. The number of hydrogen-bond donors (Lipinski definition) is 3. The molecule has 0 rings (SSSR count). The van der Waals surface area contributed by atoms with Gasteiger partial charge in [0.2, 0.25) is 5.91 Å². The standard InChI is InChI=1S/C9H18N2O4S/c1-15-5-3-10-9(14)11-8(13)7-16-6-2-4-12/h12H,2-7H2,1H3,(H2,10,11,13,14). The van der Waals surface area contributed by atoms with Crippen LogP contribution in [-0.2, 0) is 9.53 Å². The monoisotopic (exact) mass is 250 g/mol. The fourth-order valence-corrected chi connectivity index (χ4v) is 1.54. The van der Waals surface area contributed by atoms with Crippen LogP contribution in [0.4, 0.5) is 4.79 Å². The maximum absolute atomic E-state index is 11.2. The molecule has 0 radical (unpaired) electrons. The highest BCUT2D eigenvalue weighted by molar-refractivity contribution is 7.99. The molecule has 16 heavy (non-hydrogen) atoms. The number of amides is 3. The van der Waals surface area contributed by atoms with Crippen molar-refractivity contribution in [1.29, 1.82) is 0 Å². The fourth-order valence-electron chi connectivity index (χ4n) is 0.805. The smallest absolute Gasteiger partial charge is 0.321 e. The van der Waals surface area contributed by atoms with Crippen molar-refractivity contribution in [2.24, 2.45) is 0 Å². The van der Waals surface area contributed by atoms with Gasteiger partial charge < -0.3 is 15.2 Å². The summed E-state index contributed by atoms with van der Waals surface area (Å²) in [6.07, 6.45) is 0.651. The molecular weight excluding hydrogens is 232 g/mol. The highest BCUT2D eigenvalue weighted by Crippen LogP contribution is 2.00. The predicted molar refractivity (Wildman–Crippen MR) is 62.4 cm³/mol. The highest BCUT2D eigenvalue weighted by atomic mass is 32.2. The first-order valence-corrected chi connectivity index (χ1v) is 6.11. The number of aliphatic hydroxyl groups is 1. The van der Waals surface area contributed by atoms with Crippen LogP contribution in [0.3, 0.4) is 0 Å². The Kier molecular flexibility index (Phi) is 10.2. The zero-order valence-corrected chi connectivity index (χ0v) is 10.1. The maximum Gasteiger partial charge on any atom is 0.321 e. The van der Waals surface area contributed by atoms with E-state index in [1.807, 2.05) is 0 Å². The van der Waals surface area contributed by atoms with E-state index in [1.54, 1.807) is 0 Å². The third-order valence-corrected chi connectivity index (χ3v) is 2.57. The van der Waals surface area contributed by atoms with Gasteiger partial charge in [-0.15, -0.1) is 0 Å².